The van der Waals surface area contributed by atoms with Crippen LogP contribution in [0.1, 0.15) is 21.5 Å². The summed E-state index contributed by atoms with van der Waals surface area (Å²) in [6, 6.07) is 23.4. The van der Waals surface area contributed by atoms with Gasteiger partial charge in [-0.2, -0.15) is 5.10 Å². The Morgan fingerprint density at radius 2 is 1.48 bits per heavy atom. The fourth-order valence-corrected chi connectivity index (χ4v) is 2.64. The number of nitro groups is 1. The van der Waals surface area contributed by atoms with Crippen LogP contribution < -0.4 is 10.7 Å². The highest BCUT2D eigenvalue weighted by Crippen LogP contribution is 2.15. The molecule has 3 rings (SSSR count). The number of nitrogens with one attached hydrogen (secondary N) is 2. The quantitative estimate of drug-likeness (QED) is 0.266. The van der Waals surface area contributed by atoms with Crippen molar-refractivity contribution in [3.05, 3.63) is 117 Å². The van der Waals surface area contributed by atoms with Crippen LogP contribution in [0.15, 0.2) is 95.7 Å². The molecule has 2 N–H and O–H groups in total. The van der Waals surface area contributed by atoms with Crippen LogP contribution in [0.25, 0.3) is 6.08 Å². The molecule has 8 heteroatoms. The zero-order valence-electron chi connectivity index (χ0n) is 16.3. The molecule has 3 aromatic rings. The van der Waals surface area contributed by atoms with E-state index in [1.54, 1.807) is 60.7 Å². The Labute approximate surface area is 178 Å². The number of carbonyl (C=O) groups is 2. The third-order valence-corrected chi connectivity index (χ3v) is 4.14. The van der Waals surface area contributed by atoms with E-state index in [0.29, 0.717) is 11.1 Å². The Morgan fingerprint density at radius 3 is 2.16 bits per heavy atom. The molecule has 0 aliphatic rings. The summed E-state index contributed by atoms with van der Waals surface area (Å²) in [5, 5.41) is 17.5. The fraction of sp³-hybridized carbons (Fsp3) is 0. The molecule has 0 bridgehead atoms. The van der Waals surface area contributed by atoms with E-state index in [1.807, 2.05) is 6.07 Å². The molecule has 0 unspecified atom stereocenters. The topological polar surface area (TPSA) is 114 Å². The van der Waals surface area contributed by atoms with E-state index < -0.39 is 16.7 Å². The minimum Gasteiger partial charge on any atom is -0.317 e. The second kappa shape index (κ2) is 10.3. The number of hydrogen-bond acceptors (Lipinski definition) is 5. The highest BCUT2D eigenvalue weighted by molar-refractivity contribution is 6.05. The van der Waals surface area contributed by atoms with Gasteiger partial charge in [0.1, 0.15) is 5.70 Å². The van der Waals surface area contributed by atoms with Crippen molar-refractivity contribution < 1.29 is 14.5 Å². The molecule has 2 amide bonds. The van der Waals surface area contributed by atoms with Gasteiger partial charge in [0.25, 0.3) is 17.5 Å². The van der Waals surface area contributed by atoms with Gasteiger partial charge in [0.15, 0.2) is 0 Å². The van der Waals surface area contributed by atoms with Crippen molar-refractivity contribution in [3.8, 4) is 0 Å². The molecule has 0 radical (unpaired) electrons. The van der Waals surface area contributed by atoms with Crippen molar-refractivity contribution in [2.45, 2.75) is 0 Å². The number of rotatable bonds is 7. The van der Waals surface area contributed by atoms with Crippen LogP contribution in [-0.2, 0) is 4.79 Å². The van der Waals surface area contributed by atoms with Crippen LogP contribution in [0.3, 0.4) is 0 Å². The molecule has 0 saturated heterocycles. The van der Waals surface area contributed by atoms with Gasteiger partial charge in [0.2, 0.25) is 0 Å². The summed E-state index contributed by atoms with van der Waals surface area (Å²) in [4.78, 5) is 35.7. The number of nitrogens with zero attached hydrogens (tertiary/aromatic N) is 2. The molecule has 31 heavy (non-hydrogen) atoms. The smallest absolute Gasteiger partial charge is 0.287 e. The predicted molar refractivity (Wildman–Crippen MR) is 117 cm³/mol. The maximum absolute atomic E-state index is 12.7. The summed E-state index contributed by atoms with van der Waals surface area (Å²) < 4.78 is 0. The molecule has 0 heterocycles. The Hall–Kier alpha value is -4.59. The first kappa shape index (κ1) is 21.1. The molecule has 0 aromatic heterocycles. The normalized spacial score (nSPS) is 11.2. The lowest BCUT2D eigenvalue weighted by Gasteiger charge is -2.09. The number of hydrogen-bond donors (Lipinski definition) is 2. The number of nitro benzene ring substituents is 1. The van der Waals surface area contributed by atoms with E-state index >= 15 is 0 Å². The summed E-state index contributed by atoms with van der Waals surface area (Å²) in [5.74, 6) is -1.14. The monoisotopic (exact) mass is 414 g/mol. The van der Waals surface area contributed by atoms with E-state index in [2.05, 4.69) is 15.8 Å². The Morgan fingerprint density at radius 1 is 0.871 bits per heavy atom. The van der Waals surface area contributed by atoms with Crippen molar-refractivity contribution in [3.63, 3.8) is 0 Å². The Bertz CT molecular complexity index is 1140. The number of benzene rings is 3. The second-order valence-corrected chi connectivity index (χ2v) is 6.30. The van der Waals surface area contributed by atoms with Gasteiger partial charge in [-0.1, -0.05) is 60.7 Å². The van der Waals surface area contributed by atoms with Crippen LogP contribution >= 0.6 is 0 Å². The average Bonchev–Trinajstić information content (AvgIpc) is 2.80. The summed E-state index contributed by atoms with van der Waals surface area (Å²) in [5.41, 5.74) is 3.45. The molecule has 8 nitrogen and oxygen atoms in total. The van der Waals surface area contributed by atoms with Gasteiger partial charge in [0.05, 0.1) is 16.7 Å². The molecule has 0 spiro atoms. The highest BCUT2D eigenvalue weighted by atomic mass is 16.6. The lowest BCUT2D eigenvalue weighted by atomic mass is 10.1. The number of amides is 2. The SMILES string of the molecule is O=C(N/N=C/c1ccccc1[N+](=O)[O-])/C(=C/c1ccccc1)NC(=O)c1ccccc1. The molecule has 0 aliphatic carbocycles. The summed E-state index contributed by atoms with van der Waals surface area (Å²) in [6.07, 6.45) is 2.69. The predicted octanol–water partition coefficient (Wildman–Crippen LogP) is 3.52. The van der Waals surface area contributed by atoms with Gasteiger partial charge in [0, 0.05) is 11.6 Å². The maximum Gasteiger partial charge on any atom is 0.287 e. The number of hydrazone groups is 1. The van der Waals surface area contributed by atoms with Crippen LogP contribution in [0.4, 0.5) is 5.69 Å². The number of para-hydroxylation sites is 1. The van der Waals surface area contributed by atoms with Crippen LogP contribution in [0, 0.1) is 10.1 Å². The summed E-state index contributed by atoms with van der Waals surface area (Å²) in [6.45, 7) is 0. The van der Waals surface area contributed by atoms with Gasteiger partial charge in [-0.15, -0.1) is 0 Å². The van der Waals surface area contributed by atoms with Crippen molar-refractivity contribution >= 4 is 29.8 Å². The van der Waals surface area contributed by atoms with Crippen LogP contribution in [0.5, 0.6) is 0 Å². The second-order valence-electron chi connectivity index (χ2n) is 6.30. The molecule has 0 aliphatic heterocycles. The van der Waals surface area contributed by atoms with Crippen molar-refractivity contribution in [1.29, 1.82) is 0 Å². The molecule has 154 valence electrons. The third-order valence-electron chi connectivity index (χ3n) is 4.14. The van der Waals surface area contributed by atoms with Gasteiger partial charge in [-0.25, -0.2) is 5.43 Å². The minimum atomic E-state index is -0.678. The zero-order valence-corrected chi connectivity index (χ0v) is 16.3. The lowest BCUT2D eigenvalue weighted by Crippen LogP contribution is -2.32. The Kier molecular flexibility index (Phi) is 6.99. The third kappa shape index (κ3) is 5.94. The summed E-state index contributed by atoms with van der Waals surface area (Å²) in [7, 11) is 0. The van der Waals surface area contributed by atoms with E-state index in [9.17, 15) is 19.7 Å². The van der Waals surface area contributed by atoms with E-state index in [1.165, 1.54) is 30.5 Å². The fourth-order valence-electron chi connectivity index (χ4n) is 2.64. The van der Waals surface area contributed by atoms with E-state index in [-0.39, 0.29) is 16.9 Å². The highest BCUT2D eigenvalue weighted by Gasteiger charge is 2.15. The van der Waals surface area contributed by atoms with Gasteiger partial charge < -0.3 is 5.32 Å². The first-order valence-corrected chi connectivity index (χ1v) is 9.24. The zero-order chi connectivity index (χ0) is 22.1. The first-order chi connectivity index (χ1) is 15.0. The maximum atomic E-state index is 12.7. The van der Waals surface area contributed by atoms with Gasteiger partial charge in [-0.3, -0.25) is 19.7 Å². The van der Waals surface area contributed by atoms with Crippen molar-refractivity contribution in [2.75, 3.05) is 0 Å². The molecular formula is C23H18N4O4. The molecule has 3 aromatic carbocycles. The average molecular weight is 414 g/mol. The molecular weight excluding hydrogens is 396 g/mol. The lowest BCUT2D eigenvalue weighted by molar-refractivity contribution is -0.385. The minimum absolute atomic E-state index is 0.0280. The largest absolute Gasteiger partial charge is 0.317 e. The van der Waals surface area contributed by atoms with Crippen LogP contribution in [0.2, 0.25) is 0 Å². The van der Waals surface area contributed by atoms with E-state index in [4.69, 9.17) is 0 Å². The van der Waals surface area contributed by atoms with Gasteiger partial charge in [-0.05, 0) is 29.8 Å². The number of carbonyl (C=O) groups excluding carboxylic acids is 2. The molecule has 0 fully saturated rings. The first-order valence-electron chi connectivity index (χ1n) is 9.24. The summed E-state index contributed by atoms with van der Waals surface area (Å²) >= 11 is 0. The molecule has 0 atom stereocenters. The van der Waals surface area contributed by atoms with Crippen molar-refractivity contribution in [2.24, 2.45) is 5.10 Å². The Balaban J connectivity index is 1.80. The van der Waals surface area contributed by atoms with Crippen molar-refractivity contribution in [1.82, 2.24) is 10.7 Å². The molecule has 0 saturated carbocycles. The van der Waals surface area contributed by atoms with E-state index in [0.717, 1.165) is 0 Å². The standard InChI is InChI=1S/C23H18N4O4/c28-22(18-11-5-2-6-12-18)25-20(15-17-9-3-1-4-10-17)23(29)26-24-16-19-13-7-8-14-21(19)27(30)31/h1-16H,(H,25,28)(H,26,29)/b20-15-,24-16+. The van der Waals surface area contributed by atoms with Crippen LogP contribution in [-0.4, -0.2) is 23.0 Å². The van der Waals surface area contributed by atoms with Gasteiger partial charge >= 0.3 is 0 Å².